The summed E-state index contributed by atoms with van der Waals surface area (Å²) in [6.45, 7) is 3.05. The number of hydrogen-bond donors (Lipinski definition) is 2. The van der Waals surface area contributed by atoms with Crippen molar-refractivity contribution in [3.8, 4) is 5.75 Å². The van der Waals surface area contributed by atoms with Gasteiger partial charge < -0.3 is 15.6 Å². The van der Waals surface area contributed by atoms with E-state index in [-0.39, 0.29) is 11.3 Å². The Morgan fingerprint density at radius 1 is 1.31 bits per heavy atom. The Morgan fingerprint density at radius 2 is 1.88 bits per heavy atom. The smallest absolute Gasteiger partial charge is 0.165 e. The number of nitrogens with two attached hydrogens (primary N) is 1. The second-order valence-corrected chi connectivity index (χ2v) is 4.23. The summed E-state index contributed by atoms with van der Waals surface area (Å²) in [4.78, 5) is 0. The van der Waals surface area contributed by atoms with E-state index in [1.54, 1.807) is 0 Å². The van der Waals surface area contributed by atoms with Crippen molar-refractivity contribution in [3.05, 3.63) is 29.3 Å². The molecule has 1 aromatic carbocycles. The maximum atomic E-state index is 13.5. The number of benzene rings is 1. The molecule has 1 atom stereocenters. The van der Waals surface area contributed by atoms with Crippen LogP contribution in [-0.2, 0) is 0 Å². The summed E-state index contributed by atoms with van der Waals surface area (Å²) >= 11 is 0. The van der Waals surface area contributed by atoms with Gasteiger partial charge in [0.25, 0.3) is 0 Å². The fraction of sp³-hybridized carbons (Fsp3) is 0.455. The number of halogens is 2. The Morgan fingerprint density at radius 3 is 2.31 bits per heavy atom. The van der Waals surface area contributed by atoms with E-state index in [0.29, 0.717) is 0 Å². The van der Waals surface area contributed by atoms with Gasteiger partial charge in [0.2, 0.25) is 0 Å². The maximum absolute atomic E-state index is 13.5. The molecule has 1 rings (SSSR count). The van der Waals surface area contributed by atoms with Crippen molar-refractivity contribution in [2.75, 3.05) is 7.11 Å². The van der Waals surface area contributed by atoms with Crippen LogP contribution in [-0.4, -0.2) is 17.8 Å². The minimum absolute atomic E-state index is 0.175. The lowest BCUT2D eigenvalue weighted by atomic mass is 9.92. The van der Waals surface area contributed by atoms with Crippen LogP contribution in [0.5, 0.6) is 5.75 Å². The van der Waals surface area contributed by atoms with Crippen LogP contribution >= 0.6 is 0 Å². The average Bonchev–Trinajstić information content (AvgIpc) is 2.18. The van der Waals surface area contributed by atoms with E-state index in [4.69, 9.17) is 5.73 Å². The maximum Gasteiger partial charge on any atom is 0.165 e. The Balaban J connectivity index is 3.21. The van der Waals surface area contributed by atoms with Crippen molar-refractivity contribution in [1.82, 2.24) is 0 Å². The molecule has 0 fully saturated rings. The number of ether oxygens (including phenoxy) is 1. The van der Waals surface area contributed by atoms with Gasteiger partial charge in [0.1, 0.15) is 5.82 Å². The summed E-state index contributed by atoms with van der Waals surface area (Å²) in [6.07, 6.45) is -1.28. The number of hydrogen-bond acceptors (Lipinski definition) is 3. The van der Waals surface area contributed by atoms with Gasteiger partial charge >= 0.3 is 0 Å². The lowest BCUT2D eigenvalue weighted by Crippen LogP contribution is -2.39. The molecule has 0 aliphatic heterocycles. The van der Waals surface area contributed by atoms with Gasteiger partial charge in [0.15, 0.2) is 11.6 Å². The number of aliphatic hydroxyl groups excluding tert-OH is 1. The molecule has 0 amide bonds. The molecule has 0 bridgehead atoms. The number of rotatable bonds is 3. The van der Waals surface area contributed by atoms with Crippen molar-refractivity contribution in [2.24, 2.45) is 5.73 Å². The molecule has 0 aliphatic carbocycles. The summed E-state index contributed by atoms with van der Waals surface area (Å²) in [6, 6.07) is 1.78. The predicted octanol–water partition coefficient (Wildman–Crippen LogP) is 1.74. The lowest BCUT2D eigenvalue weighted by Gasteiger charge is -2.26. The zero-order chi connectivity index (χ0) is 12.5. The van der Waals surface area contributed by atoms with Gasteiger partial charge in [-0.25, -0.2) is 8.78 Å². The topological polar surface area (TPSA) is 55.5 Å². The van der Waals surface area contributed by atoms with Gasteiger partial charge in [-0.3, -0.25) is 0 Å². The first kappa shape index (κ1) is 12.9. The molecule has 3 N–H and O–H groups in total. The highest BCUT2D eigenvalue weighted by Gasteiger charge is 2.28. The monoisotopic (exact) mass is 231 g/mol. The van der Waals surface area contributed by atoms with E-state index in [1.807, 2.05) is 0 Å². The first-order chi connectivity index (χ1) is 7.27. The van der Waals surface area contributed by atoms with Crippen molar-refractivity contribution in [1.29, 1.82) is 0 Å². The first-order valence-electron chi connectivity index (χ1n) is 4.77. The predicted molar refractivity (Wildman–Crippen MR) is 56.1 cm³/mol. The summed E-state index contributed by atoms with van der Waals surface area (Å²) in [5.74, 6) is -1.69. The van der Waals surface area contributed by atoms with E-state index in [2.05, 4.69) is 4.74 Å². The third-order valence-corrected chi connectivity index (χ3v) is 2.27. The first-order valence-corrected chi connectivity index (χ1v) is 4.77. The van der Waals surface area contributed by atoms with Crippen molar-refractivity contribution >= 4 is 0 Å². The molecule has 0 radical (unpaired) electrons. The average molecular weight is 231 g/mol. The van der Waals surface area contributed by atoms with Crippen LogP contribution in [0.4, 0.5) is 8.78 Å². The Bertz CT molecular complexity index is 388. The van der Waals surface area contributed by atoms with Gasteiger partial charge in [-0.1, -0.05) is 0 Å². The Labute approximate surface area is 92.8 Å². The molecule has 0 saturated carbocycles. The molecule has 3 nitrogen and oxygen atoms in total. The van der Waals surface area contributed by atoms with Gasteiger partial charge in [0.05, 0.1) is 13.2 Å². The highest BCUT2D eigenvalue weighted by molar-refractivity contribution is 5.33. The van der Waals surface area contributed by atoms with Crippen LogP contribution < -0.4 is 10.5 Å². The lowest BCUT2D eigenvalue weighted by molar-refractivity contribution is 0.100. The molecule has 0 heterocycles. The Hall–Kier alpha value is -1.20. The van der Waals surface area contributed by atoms with Crippen molar-refractivity contribution < 1.29 is 18.6 Å². The molecule has 0 spiro atoms. The molecule has 5 heteroatoms. The fourth-order valence-electron chi connectivity index (χ4n) is 1.31. The highest BCUT2D eigenvalue weighted by Crippen LogP contribution is 2.29. The molecule has 90 valence electrons. The normalized spacial score (nSPS) is 13.7. The molecule has 1 aromatic rings. The van der Waals surface area contributed by atoms with E-state index in [0.717, 1.165) is 12.1 Å². The van der Waals surface area contributed by atoms with Crippen LogP contribution in [0.3, 0.4) is 0 Å². The van der Waals surface area contributed by atoms with Gasteiger partial charge in [-0.05, 0) is 19.9 Å². The van der Waals surface area contributed by atoms with Crippen molar-refractivity contribution in [2.45, 2.75) is 25.5 Å². The third-order valence-electron chi connectivity index (χ3n) is 2.27. The van der Waals surface area contributed by atoms with Crippen LogP contribution in [0.1, 0.15) is 25.5 Å². The third kappa shape index (κ3) is 2.48. The van der Waals surface area contributed by atoms with E-state index in [1.165, 1.54) is 21.0 Å². The highest BCUT2D eigenvalue weighted by atomic mass is 19.1. The van der Waals surface area contributed by atoms with Crippen LogP contribution in [0.2, 0.25) is 0 Å². The zero-order valence-corrected chi connectivity index (χ0v) is 9.42. The molecule has 16 heavy (non-hydrogen) atoms. The summed E-state index contributed by atoms with van der Waals surface area (Å²) < 4.78 is 31.5. The van der Waals surface area contributed by atoms with Crippen molar-refractivity contribution in [3.63, 3.8) is 0 Å². The van der Waals surface area contributed by atoms with Crippen LogP contribution in [0.25, 0.3) is 0 Å². The van der Waals surface area contributed by atoms with E-state index >= 15 is 0 Å². The largest absolute Gasteiger partial charge is 0.494 e. The molecular formula is C11H15F2NO2. The molecule has 0 aliphatic rings. The minimum Gasteiger partial charge on any atom is -0.494 e. The van der Waals surface area contributed by atoms with Crippen LogP contribution in [0.15, 0.2) is 12.1 Å². The van der Waals surface area contributed by atoms with Gasteiger partial charge in [-0.15, -0.1) is 0 Å². The van der Waals surface area contributed by atoms with Crippen LogP contribution in [0, 0.1) is 11.6 Å². The van der Waals surface area contributed by atoms with E-state index in [9.17, 15) is 13.9 Å². The minimum atomic E-state index is -1.28. The second-order valence-electron chi connectivity index (χ2n) is 4.23. The quantitative estimate of drug-likeness (QED) is 0.833. The zero-order valence-electron chi connectivity index (χ0n) is 9.42. The number of methoxy groups -OCH3 is 1. The van der Waals surface area contributed by atoms with E-state index < -0.39 is 23.3 Å². The standard InChI is InChI=1S/C11H15F2NO2/c1-11(2,14)10(15)6-4-8(13)9(16-3)5-7(6)12/h4-5,10,15H,14H2,1-3H3. The second kappa shape index (κ2) is 4.35. The molecule has 0 saturated heterocycles. The summed E-state index contributed by atoms with van der Waals surface area (Å²) in [7, 11) is 1.24. The van der Waals surface area contributed by atoms with Gasteiger partial charge in [0, 0.05) is 17.2 Å². The molecule has 0 aromatic heterocycles. The van der Waals surface area contributed by atoms with Gasteiger partial charge in [-0.2, -0.15) is 0 Å². The summed E-state index contributed by atoms with van der Waals surface area (Å²) in [5.41, 5.74) is 4.40. The molecule has 1 unspecified atom stereocenters. The Kier molecular flexibility index (Phi) is 3.50. The number of aliphatic hydroxyl groups is 1. The fourth-order valence-corrected chi connectivity index (χ4v) is 1.31. The molecular weight excluding hydrogens is 216 g/mol. The summed E-state index contributed by atoms with van der Waals surface area (Å²) in [5, 5.41) is 9.75. The SMILES string of the molecule is COc1cc(F)c(C(O)C(C)(C)N)cc1F.